The predicted molar refractivity (Wildman–Crippen MR) is 116 cm³/mol. The van der Waals surface area contributed by atoms with Crippen molar-refractivity contribution >= 4 is 29.5 Å². The van der Waals surface area contributed by atoms with Crippen LogP contribution in [0, 0.1) is 11.6 Å². The van der Waals surface area contributed by atoms with E-state index < -0.39 is 11.8 Å². The molecule has 0 atom stereocenters. The summed E-state index contributed by atoms with van der Waals surface area (Å²) in [5.74, 6) is -1.09. The molecule has 0 spiro atoms. The minimum atomic E-state index is -0.713. The first-order chi connectivity index (χ1) is 15.4. The molecule has 0 saturated carbocycles. The molecule has 1 aliphatic rings. The molecule has 0 amide bonds. The molecule has 5 nitrogen and oxygen atoms in total. The van der Waals surface area contributed by atoms with Gasteiger partial charge in [-0.2, -0.15) is 0 Å². The molecule has 0 aromatic heterocycles. The van der Waals surface area contributed by atoms with E-state index in [1.807, 2.05) is 0 Å². The van der Waals surface area contributed by atoms with E-state index in [9.17, 15) is 13.6 Å². The number of hydrogen-bond donors (Lipinski definition) is 0. The highest BCUT2D eigenvalue weighted by Gasteiger charge is 2.26. The molecule has 3 aromatic carbocycles. The van der Waals surface area contributed by atoms with Crippen LogP contribution in [0.5, 0.6) is 11.5 Å². The molecule has 0 fully saturated rings. The number of ether oxygens (including phenoxy) is 3. The fourth-order valence-electron chi connectivity index (χ4n) is 3.02. The van der Waals surface area contributed by atoms with Gasteiger partial charge in [-0.15, -0.1) is 0 Å². The van der Waals surface area contributed by atoms with Crippen LogP contribution in [0.2, 0.25) is 5.02 Å². The van der Waals surface area contributed by atoms with Gasteiger partial charge in [0, 0.05) is 0 Å². The van der Waals surface area contributed by atoms with Crippen LogP contribution in [0.15, 0.2) is 71.4 Å². The van der Waals surface area contributed by atoms with Crippen molar-refractivity contribution in [2.75, 3.05) is 7.11 Å². The summed E-state index contributed by atoms with van der Waals surface area (Å²) in [6, 6.07) is 14.9. The Morgan fingerprint density at radius 2 is 1.84 bits per heavy atom. The highest BCUT2D eigenvalue weighted by atomic mass is 35.5. The number of cyclic esters (lactones) is 1. The van der Waals surface area contributed by atoms with Crippen LogP contribution in [-0.4, -0.2) is 19.0 Å². The molecule has 32 heavy (non-hydrogen) atoms. The van der Waals surface area contributed by atoms with Gasteiger partial charge in [-0.25, -0.2) is 18.6 Å². The average molecular weight is 456 g/mol. The van der Waals surface area contributed by atoms with Crippen molar-refractivity contribution in [3.63, 3.8) is 0 Å². The third kappa shape index (κ3) is 4.63. The van der Waals surface area contributed by atoms with Gasteiger partial charge in [0.05, 0.1) is 17.7 Å². The molecule has 0 radical (unpaired) electrons. The molecule has 0 aliphatic carbocycles. The van der Waals surface area contributed by atoms with Crippen LogP contribution in [0.4, 0.5) is 8.78 Å². The van der Waals surface area contributed by atoms with Crippen molar-refractivity contribution in [2.45, 2.75) is 6.61 Å². The molecule has 162 valence electrons. The van der Waals surface area contributed by atoms with Gasteiger partial charge < -0.3 is 14.2 Å². The summed E-state index contributed by atoms with van der Waals surface area (Å²) in [6.45, 7) is 0.152. The van der Waals surface area contributed by atoms with Crippen molar-refractivity contribution < 1.29 is 27.8 Å². The summed E-state index contributed by atoms with van der Waals surface area (Å²) in [5, 5.41) is 0.239. The monoisotopic (exact) mass is 455 g/mol. The van der Waals surface area contributed by atoms with Crippen LogP contribution >= 0.6 is 11.6 Å². The molecule has 1 heterocycles. The zero-order valence-corrected chi connectivity index (χ0v) is 17.5. The highest BCUT2D eigenvalue weighted by Crippen LogP contribution is 2.38. The number of carbonyl (C=O) groups is 1. The zero-order valence-electron chi connectivity index (χ0n) is 16.8. The van der Waals surface area contributed by atoms with E-state index in [2.05, 4.69) is 4.99 Å². The van der Waals surface area contributed by atoms with Gasteiger partial charge in [0.25, 0.3) is 0 Å². The third-order valence-electron chi connectivity index (χ3n) is 4.58. The van der Waals surface area contributed by atoms with Gasteiger partial charge >= 0.3 is 5.97 Å². The smallest absolute Gasteiger partial charge is 0.363 e. The van der Waals surface area contributed by atoms with E-state index in [0.717, 1.165) is 5.56 Å². The summed E-state index contributed by atoms with van der Waals surface area (Å²) in [5.41, 5.74) is 1.33. The molecular weight excluding hydrogens is 440 g/mol. The summed E-state index contributed by atoms with van der Waals surface area (Å²) < 4.78 is 43.3. The Morgan fingerprint density at radius 1 is 1.09 bits per heavy atom. The number of esters is 1. The minimum Gasteiger partial charge on any atom is -0.493 e. The molecule has 0 N–H and O–H groups in total. The van der Waals surface area contributed by atoms with Crippen LogP contribution < -0.4 is 9.47 Å². The van der Waals surface area contributed by atoms with Crippen LogP contribution in [0.1, 0.15) is 16.7 Å². The molecule has 3 aromatic rings. The van der Waals surface area contributed by atoms with E-state index in [4.69, 9.17) is 25.8 Å². The highest BCUT2D eigenvalue weighted by molar-refractivity contribution is 6.32. The Hall–Kier alpha value is -3.71. The Morgan fingerprint density at radius 3 is 2.56 bits per heavy atom. The topological polar surface area (TPSA) is 57.1 Å². The lowest BCUT2D eigenvalue weighted by atomic mass is 10.1. The average Bonchev–Trinajstić information content (AvgIpc) is 3.14. The van der Waals surface area contributed by atoms with Crippen LogP contribution in [-0.2, 0) is 16.1 Å². The van der Waals surface area contributed by atoms with Gasteiger partial charge in [-0.1, -0.05) is 35.9 Å². The first-order valence-electron chi connectivity index (χ1n) is 9.47. The Balaban J connectivity index is 1.59. The van der Waals surface area contributed by atoms with Crippen molar-refractivity contribution in [3.8, 4) is 11.5 Å². The van der Waals surface area contributed by atoms with Crippen molar-refractivity contribution in [1.82, 2.24) is 0 Å². The molecule has 4 rings (SSSR count). The molecule has 0 bridgehead atoms. The second-order valence-electron chi connectivity index (χ2n) is 6.77. The van der Waals surface area contributed by atoms with Crippen molar-refractivity contribution in [3.05, 3.63) is 99.7 Å². The van der Waals surface area contributed by atoms with Crippen LogP contribution in [0.25, 0.3) is 6.08 Å². The SMILES string of the molecule is COc1cc(/C=C2\N=C(c3ccccc3F)OC2=O)cc(Cl)c1OCc1ccc(F)cc1. The zero-order chi connectivity index (χ0) is 22.7. The number of halogens is 3. The van der Waals surface area contributed by atoms with E-state index in [1.165, 1.54) is 43.5 Å². The molecule has 0 unspecified atom stereocenters. The minimum absolute atomic E-state index is 0.0126. The normalized spacial score (nSPS) is 14.3. The van der Waals surface area contributed by atoms with E-state index in [-0.39, 0.29) is 34.6 Å². The van der Waals surface area contributed by atoms with Gasteiger partial charge in [0.1, 0.15) is 18.2 Å². The molecular formula is C24H16ClF2NO4. The maximum atomic E-state index is 14.0. The van der Waals surface area contributed by atoms with E-state index in [1.54, 1.807) is 30.3 Å². The Kier molecular flexibility index (Phi) is 6.18. The van der Waals surface area contributed by atoms with Crippen molar-refractivity contribution in [1.29, 1.82) is 0 Å². The van der Waals surface area contributed by atoms with Gasteiger partial charge in [-0.3, -0.25) is 0 Å². The lowest BCUT2D eigenvalue weighted by molar-refractivity contribution is -0.129. The van der Waals surface area contributed by atoms with E-state index >= 15 is 0 Å². The fraction of sp³-hybridized carbons (Fsp3) is 0.0833. The van der Waals surface area contributed by atoms with E-state index in [0.29, 0.717) is 17.1 Å². The quantitative estimate of drug-likeness (QED) is 0.361. The van der Waals surface area contributed by atoms with Crippen molar-refractivity contribution in [2.24, 2.45) is 4.99 Å². The summed E-state index contributed by atoms with van der Waals surface area (Å²) >= 11 is 6.38. The second kappa shape index (κ2) is 9.20. The number of rotatable bonds is 6. The Bertz CT molecular complexity index is 1240. The largest absolute Gasteiger partial charge is 0.493 e. The summed E-state index contributed by atoms with van der Waals surface area (Å²) in [7, 11) is 1.45. The number of nitrogens with zero attached hydrogens (tertiary/aromatic N) is 1. The molecule has 0 saturated heterocycles. The molecule has 1 aliphatic heterocycles. The fourth-order valence-corrected chi connectivity index (χ4v) is 3.29. The first kappa shape index (κ1) is 21.5. The molecule has 8 heteroatoms. The maximum Gasteiger partial charge on any atom is 0.363 e. The van der Waals surface area contributed by atoms with Crippen LogP contribution in [0.3, 0.4) is 0 Å². The Labute approximate surface area is 187 Å². The standard InChI is InChI=1S/C24H16ClF2NO4/c1-30-21-12-15(10-18(25)22(21)31-13-14-6-8-16(26)9-7-14)11-20-24(29)32-23(28-20)17-4-2-3-5-19(17)27/h2-12H,13H2,1H3/b20-11-. The number of methoxy groups -OCH3 is 1. The predicted octanol–water partition coefficient (Wildman–Crippen LogP) is 5.55. The lowest BCUT2D eigenvalue weighted by Crippen LogP contribution is -2.07. The van der Waals surface area contributed by atoms with Gasteiger partial charge in [0.15, 0.2) is 17.2 Å². The lowest BCUT2D eigenvalue weighted by Gasteiger charge is -2.13. The van der Waals surface area contributed by atoms with Gasteiger partial charge in [-0.05, 0) is 53.6 Å². The number of hydrogen-bond acceptors (Lipinski definition) is 5. The third-order valence-corrected chi connectivity index (χ3v) is 4.86. The summed E-state index contributed by atoms with van der Waals surface area (Å²) in [6.07, 6.45) is 1.45. The van der Waals surface area contributed by atoms with Gasteiger partial charge in [0.2, 0.25) is 5.90 Å². The maximum absolute atomic E-state index is 14.0. The summed E-state index contributed by atoms with van der Waals surface area (Å²) in [4.78, 5) is 16.3. The first-order valence-corrected chi connectivity index (χ1v) is 9.84. The number of carbonyl (C=O) groups excluding carboxylic acids is 1. The number of aliphatic imine (C=N–C) groups is 1. The number of benzene rings is 3. The second-order valence-corrected chi connectivity index (χ2v) is 7.17.